The van der Waals surface area contributed by atoms with Crippen molar-refractivity contribution in [3.63, 3.8) is 0 Å². The highest BCUT2D eigenvalue weighted by Gasteiger charge is 2.12. The van der Waals surface area contributed by atoms with Crippen molar-refractivity contribution in [1.29, 1.82) is 0 Å². The van der Waals surface area contributed by atoms with Gasteiger partial charge in [0.2, 0.25) is 0 Å². The molecule has 1 aromatic rings. The molecule has 0 heterocycles. The number of rotatable bonds is 6. The lowest BCUT2D eigenvalue weighted by molar-refractivity contribution is -0.132. The second-order valence-corrected chi connectivity index (χ2v) is 4.14. The van der Waals surface area contributed by atoms with Crippen LogP contribution in [0.5, 0.6) is 5.75 Å². The number of ether oxygens (including phenoxy) is 1. The zero-order valence-electron chi connectivity index (χ0n) is 11.5. The van der Waals surface area contributed by atoms with Gasteiger partial charge < -0.3 is 14.7 Å². The van der Waals surface area contributed by atoms with Crippen molar-refractivity contribution in [2.75, 3.05) is 19.7 Å². The fraction of sp³-hybridized carbons (Fsp3) is 0.429. The normalized spacial score (nSPS) is 10.1. The van der Waals surface area contributed by atoms with Gasteiger partial charge in [0, 0.05) is 13.1 Å². The minimum atomic E-state index is -1.00. The smallest absolute Gasteiger partial charge is 0.336 e. The van der Waals surface area contributed by atoms with E-state index >= 15 is 0 Å². The molecule has 19 heavy (non-hydrogen) atoms. The van der Waals surface area contributed by atoms with E-state index in [0.717, 1.165) is 0 Å². The summed E-state index contributed by atoms with van der Waals surface area (Å²) in [6.45, 7) is 6.70. The van der Waals surface area contributed by atoms with E-state index < -0.39 is 5.97 Å². The Morgan fingerprint density at radius 3 is 2.42 bits per heavy atom. The molecule has 0 radical (unpaired) electrons. The van der Waals surface area contributed by atoms with Crippen LogP contribution in [0.4, 0.5) is 0 Å². The average molecular weight is 265 g/mol. The highest BCUT2D eigenvalue weighted by atomic mass is 16.5. The number of benzene rings is 1. The van der Waals surface area contributed by atoms with Gasteiger partial charge in [0.1, 0.15) is 5.75 Å². The molecular formula is C14H19NO4. The van der Waals surface area contributed by atoms with Gasteiger partial charge in [-0.1, -0.05) is 6.07 Å². The van der Waals surface area contributed by atoms with Crippen LogP contribution in [0, 0.1) is 6.92 Å². The maximum absolute atomic E-state index is 11.7. The van der Waals surface area contributed by atoms with E-state index in [1.54, 1.807) is 24.0 Å². The molecule has 1 aromatic carbocycles. The van der Waals surface area contributed by atoms with Crippen molar-refractivity contribution in [1.82, 2.24) is 4.90 Å². The summed E-state index contributed by atoms with van der Waals surface area (Å²) in [6, 6.07) is 4.77. The van der Waals surface area contributed by atoms with Crippen molar-refractivity contribution in [2.24, 2.45) is 0 Å². The number of carboxylic acids is 1. The molecule has 0 spiro atoms. The maximum atomic E-state index is 11.7. The summed E-state index contributed by atoms with van der Waals surface area (Å²) >= 11 is 0. The molecule has 0 bridgehead atoms. The molecule has 0 aliphatic carbocycles. The topological polar surface area (TPSA) is 66.8 Å². The summed E-state index contributed by atoms with van der Waals surface area (Å²) in [5.74, 6) is -0.719. The molecule has 0 atom stereocenters. The largest absolute Gasteiger partial charge is 0.484 e. The summed E-state index contributed by atoms with van der Waals surface area (Å²) in [5.41, 5.74) is 0.850. The van der Waals surface area contributed by atoms with E-state index in [0.29, 0.717) is 24.4 Å². The lowest BCUT2D eigenvalue weighted by Crippen LogP contribution is -2.34. The quantitative estimate of drug-likeness (QED) is 0.853. The number of amides is 1. The Balaban J connectivity index is 2.71. The van der Waals surface area contributed by atoms with Crippen molar-refractivity contribution < 1.29 is 19.4 Å². The molecule has 5 nitrogen and oxygen atoms in total. The van der Waals surface area contributed by atoms with Crippen molar-refractivity contribution in [2.45, 2.75) is 20.8 Å². The van der Waals surface area contributed by atoms with Crippen LogP contribution in [0.2, 0.25) is 0 Å². The summed E-state index contributed by atoms with van der Waals surface area (Å²) in [5, 5.41) is 9.00. The van der Waals surface area contributed by atoms with Crippen LogP contribution >= 0.6 is 0 Å². The highest BCUT2D eigenvalue weighted by Crippen LogP contribution is 2.17. The number of nitrogens with zero attached hydrogens (tertiary/aromatic N) is 1. The summed E-state index contributed by atoms with van der Waals surface area (Å²) in [4.78, 5) is 24.4. The molecule has 1 N–H and O–H groups in total. The van der Waals surface area contributed by atoms with E-state index in [4.69, 9.17) is 9.84 Å². The van der Waals surface area contributed by atoms with Crippen molar-refractivity contribution in [3.8, 4) is 5.75 Å². The Morgan fingerprint density at radius 2 is 1.89 bits per heavy atom. The molecule has 0 aromatic heterocycles. The Morgan fingerprint density at radius 1 is 1.26 bits per heavy atom. The van der Waals surface area contributed by atoms with E-state index in [2.05, 4.69) is 0 Å². The molecule has 0 saturated carbocycles. The Hall–Kier alpha value is -2.04. The number of hydrogen-bond acceptors (Lipinski definition) is 3. The summed E-state index contributed by atoms with van der Waals surface area (Å²) < 4.78 is 5.34. The van der Waals surface area contributed by atoms with Gasteiger partial charge >= 0.3 is 5.97 Å². The number of carbonyl (C=O) groups excluding carboxylic acids is 1. The van der Waals surface area contributed by atoms with Crippen LogP contribution in [-0.4, -0.2) is 41.6 Å². The summed E-state index contributed by atoms with van der Waals surface area (Å²) in [7, 11) is 0. The van der Waals surface area contributed by atoms with Crippen LogP contribution in [-0.2, 0) is 4.79 Å². The van der Waals surface area contributed by atoms with Gasteiger partial charge in [-0.25, -0.2) is 4.79 Å². The summed E-state index contributed by atoms with van der Waals surface area (Å²) in [6.07, 6.45) is 0. The van der Waals surface area contributed by atoms with Crippen LogP contribution in [0.25, 0.3) is 0 Å². The lowest BCUT2D eigenvalue weighted by atomic mass is 10.1. The highest BCUT2D eigenvalue weighted by molar-refractivity contribution is 5.89. The Bertz CT molecular complexity index is 467. The first-order chi connectivity index (χ1) is 8.99. The molecule has 0 aliphatic rings. The first-order valence-electron chi connectivity index (χ1n) is 6.24. The SMILES string of the molecule is CCN(CC)C(=O)COc1ccc(C)c(C(=O)O)c1. The van der Waals surface area contributed by atoms with Gasteiger partial charge in [-0.3, -0.25) is 4.79 Å². The molecule has 0 aliphatic heterocycles. The molecule has 1 rings (SSSR count). The number of hydrogen-bond donors (Lipinski definition) is 1. The fourth-order valence-corrected chi connectivity index (χ4v) is 1.73. The maximum Gasteiger partial charge on any atom is 0.336 e. The molecule has 0 unspecified atom stereocenters. The zero-order valence-corrected chi connectivity index (χ0v) is 11.5. The predicted octanol–water partition coefficient (Wildman–Crippen LogP) is 1.94. The average Bonchev–Trinajstić information content (AvgIpc) is 2.38. The van der Waals surface area contributed by atoms with Gasteiger partial charge in [-0.15, -0.1) is 0 Å². The van der Waals surface area contributed by atoms with Crippen LogP contribution in [0.1, 0.15) is 29.8 Å². The predicted molar refractivity (Wildman–Crippen MR) is 71.6 cm³/mol. The Labute approximate surface area is 112 Å². The number of aromatic carboxylic acids is 1. The van der Waals surface area contributed by atoms with Gasteiger partial charge in [0.15, 0.2) is 6.61 Å². The third kappa shape index (κ3) is 3.98. The molecule has 104 valence electrons. The molecule has 1 amide bonds. The minimum absolute atomic E-state index is 0.0796. The van der Waals surface area contributed by atoms with E-state index in [1.807, 2.05) is 13.8 Å². The van der Waals surface area contributed by atoms with Crippen molar-refractivity contribution in [3.05, 3.63) is 29.3 Å². The van der Waals surface area contributed by atoms with E-state index in [9.17, 15) is 9.59 Å². The van der Waals surface area contributed by atoms with E-state index in [1.165, 1.54) is 6.07 Å². The number of likely N-dealkylation sites (N-methyl/N-ethyl adjacent to an activating group) is 1. The van der Waals surface area contributed by atoms with E-state index in [-0.39, 0.29) is 18.1 Å². The second-order valence-electron chi connectivity index (χ2n) is 4.14. The number of carboxylic acid groups (broad SMARTS) is 1. The lowest BCUT2D eigenvalue weighted by Gasteiger charge is -2.18. The zero-order chi connectivity index (χ0) is 14.4. The van der Waals surface area contributed by atoms with Crippen LogP contribution in [0.3, 0.4) is 0 Å². The third-order valence-electron chi connectivity index (χ3n) is 2.92. The fourth-order valence-electron chi connectivity index (χ4n) is 1.73. The monoisotopic (exact) mass is 265 g/mol. The van der Waals surface area contributed by atoms with Gasteiger partial charge in [0.25, 0.3) is 5.91 Å². The van der Waals surface area contributed by atoms with Gasteiger partial charge in [0.05, 0.1) is 5.56 Å². The first kappa shape index (κ1) is 15.0. The second kappa shape index (κ2) is 6.78. The molecular weight excluding hydrogens is 246 g/mol. The number of aryl methyl sites for hydroxylation is 1. The molecule has 0 fully saturated rings. The van der Waals surface area contributed by atoms with Gasteiger partial charge in [-0.2, -0.15) is 0 Å². The molecule has 0 saturated heterocycles. The third-order valence-corrected chi connectivity index (χ3v) is 2.92. The van der Waals surface area contributed by atoms with Gasteiger partial charge in [-0.05, 0) is 38.5 Å². The van der Waals surface area contributed by atoms with Crippen LogP contribution in [0.15, 0.2) is 18.2 Å². The standard InChI is InChI=1S/C14H19NO4/c1-4-15(5-2)13(16)9-19-11-7-6-10(3)12(8-11)14(17)18/h6-8H,4-5,9H2,1-3H3,(H,17,18). The van der Waals surface area contributed by atoms with Crippen LogP contribution < -0.4 is 4.74 Å². The van der Waals surface area contributed by atoms with Crippen molar-refractivity contribution >= 4 is 11.9 Å². The molecule has 5 heteroatoms. The number of carbonyl (C=O) groups is 2. The minimum Gasteiger partial charge on any atom is -0.484 e. The Kier molecular flexibility index (Phi) is 5.36. The first-order valence-corrected chi connectivity index (χ1v) is 6.24.